The van der Waals surface area contributed by atoms with Crippen LogP contribution in [0.15, 0.2) is 29.1 Å². The van der Waals surface area contributed by atoms with Gasteiger partial charge in [-0.05, 0) is 19.1 Å². The molecule has 154 valence electrons. The van der Waals surface area contributed by atoms with Crippen LogP contribution in [0.5, 0.6) is 5.75 Å². The number of hydrogen-bond donors (Lipinski definition) is 0. The lowest BCUT2D eigenvalue weighted by molar-refractivity contribution is -0.274. The van der Waals surface area contributed by atoms with Crippen molar-refractivity contribution < 1.29 is 22.7 Å². The molecule has 0 N–H and O–H groups in total. The third-order valence-electron chi connectivity index (χ3n) is 3.89. The van der Waals surface area contributed by atoms with Crippen molar-refractivity contribution in [3.05, 3.63) is 49.4 Å². The van der Waals surface area contributed by atoms with Crippen molar-refractivity contribution in [2.24, 2.45) is 5.41 Å². The highest BCUT2D eigenvalue weighted by atomic mass is 32.1. The molecule has 0 aliphatic carbocycles. The van der Waals surface area contributed by atoms with Gasteiger partial charge in [-0.25, -0.2) is 0 Å². The van der Waals surface area contributed by atoms with Crippen molar-refractivity contribution in [3.63, 3.8) is 0 Å². The zero-order valence-corrected chi connectivity index (χ0v) is 17.1. The van der Waals surface area contributed by atoms with Crippen LogP contribution in [0.4, 0.5) is 13.2 Å². The fraction of sp³-hybridized carbons (Fsp3) is 0.350. The molecule has 0 saturated carbocycles. The smallest absolute Gasteiger partial charge is 0.405 e. The minimum Gasteiger partial charge on any atom is -0.405 e. The first-order chi connectivity index (χ1) is 13.4. The van der Waals surface area contributed by atoms with Gasteiger partial charge in [0.15, 0.2) is 5.78 Å². The van der Waals surface area contributed by atoms with E-state index >= 15 is 0 Å². The number of hydrogen-bond acceptors (Lipinski definition) is 5. The Morgan fingerprint density at radius 2 is 1.90 bits per heavy atom. The highest BCUT2D eigenvalue weighted by molar-refractivity contribution is 7.07. The summed E-state index contributed by atoms with van der Waals surface area (Å²) in [5.74, 6) is -0.872. The zero-order valence-electron chi connectivity index (χ0n) is 16.3. The van der Waals surface area contributed by atoms with Crippen LogP contribution in [0.2, 0.25) is 0 Å². The lowest BCUT2D eigenvalue weighted by Gasteiger charge is -2.15. The SMILES string of the molecule is CCn1c(=O)/c(=C\c2ccccc2OC(F)(F)F)s/c1=C(\C#N)C(=O)C(C)(C)C. The molecule has 5 nitrogen and oxygen atoms in total. The molecule has 29 heavy (non-hydrogen) atoms. The second-order valence-electron chi connectivity index (χ2n) is 7.12. The molecular weight excluding hydrogens is 405 g/mol. The number of nitriles is 1. The molecule has 2 aromatic rings. The molecule has 1 aromatic heterocycles. The number of carbonyl (C=O) groups excluding carboxylic acids is 1. The van der Waals surface area contributed by atoms with Gasteiger partial charge in [-0.15, -0.1) is 24.5 Å². The van der Waals surface area contributed by atoms with Crippen LogP contribution >= 0.6 is 11.3 Å². The van der Waals surface area contributed by atoms with Crippen LogP contribution in [0.1, 0.15) is 33.3 Å². The summed E-state index contributed by atoms with van der Waals surface area (Å²) in [6.07, 6.45) is -3.62. The summed E-state index contributed by atoms with van der Waals surface area (Å²) in [6, 6.07) is 7.29. The minimum absolute atomic E-state index is 0.0543. The van der Waals surface area contributed by atoms with E-state index in [1.54, 1.807) is 27.7 Å². The third-order valence-corrected chi connectivity index (χ3v) is 5.02. The van der Waals surface area contributed by atoms with Gasteiger partial charge < -0.3 is 4.74 Å². The standard InChI is InChI=1S/C20H19F3N2O3S/c1-5-25-17(27)15(29-18(25)13(11-24)16(26)19(2,3)4)10-12-8-6-7-9-14(12)28-20(21,22)23/h6-10H,5H2,1-4H3/b15-10+,18-13+. The molecule has 0 fully saturated rings. The van der Waals surface area contributed by atoms with Gasteiger partial charge in [0, 0.05) is 17.5 Å². The third kappa shape index (κ3) is 5.15. The molecule has 9 heteroatoms. The molecule has 1 aromatic carbocycles. The number of rotatable bonds is 4. The molecule has 0 bridgehead atoms. The summed E-state index contributed by atoms with van der Waals surface area (Å²) < 4.78 is 43.5. The lowest BCUT2D eigenvalue weighted by atomic mass is 9.87. The Bertz CT molecular complexity index is 1150. The number of ketones is 1. The largest absolute Gasteiger partial charge is 0.573 e. The van der Waals surface area contributed by atoms with Crippen LogP contribution in [-0.2, 0) is 11.3 Å². The first-order valence-corrected chi connectivity index (χ1v) is 9.46. The van der Waals surface area contributed by atoms with E-state index in [1.807, 2.05) is 6.07 Å². The molecule has 0 amide bonds. The van der Waals surface area contributed by atoms with Gasteiger partial charge in [0.05, 0.1) is 4.53 Å². The van der Waals surface area contributed by atoms with E-state index in [1.165, 1.54) is 28.8 Å². The summed E-state index contributed by atoms with van der Waals surface area (Å²) in [6.45, 7) is 6.85. The molecule has 0 spiro atoms. The fourth-order valence-electron chi connectivity index (χ4n) is 2.52. The number of aromatic nitrogens is 1. The molecule has 0 aliphatic heterocycles. The Morgan fingerprint density at radius 3 is 2.41 bits per heavy atom. The van der Waals surface area contributed by atoms with E-state index < -0.39 is 28.9 Å². The van der Waals surface area contributed by atoms with Gasteiger partial charge in [0.25, 0.3) is 5.56 Å². The molecule has 0 saturated heterocycles. The van der Waals surface area contributed by atoms with E-state index in [-0.39, 0.29) is 26.9 Å². The van der Waals surface area contributed by atoms with Crippen molar-refractivity contribution in [3.8, 4) is 11.8 Å². The molecular formula is C20H19F3N2O3S. The maximum atomic E-state index is 12.8. The molecule has 0 atom stereocenters. The Hall–Kier alpha value is -2.86. The highest BCUT2D eigenvalue weighted by Crippen LogP contribution is 2.26. The van der Waals surface area contributed by atoms with E-state index in [2.05, 4.69) is 4.74 Å². The average molecular weight is 424 g/mol. The van der Waals surface area contributed by atoms with Crippen LogP contribution in [0.3, 0.4) is 0 Å². The van der Waals surface area contributed by atoms with Gasteiger partial charge in [0.2, 0.25) is 0 Å². The number of ether oxygens (including phenoxy) is 1. The first kappa shape index (κ1) is 22.4. The Labute approximate surface area is 169 Å². The number of para-hydroxylation sites is 1. The molecule has 0 aliphatic rings. The van der Waals surface area contributed by atoms with Crippen molar-refractivity contribution in [1.82, 2.24) is 4.57 Å². The minimum atomic E-state index is -4.88. The normalized spacial score (nSPS) is 13.8. The van der Waals surface area contributed by atoms with Crippen molar-refractivity contribution in [2.45, 2.75) is 40.6 Å². The van der Waals surface area contributed by atoms with E-state index in [9.17, 15) is 28.0 Å². The van der Waals surface area contributed by atoms with Crippen LogP contribution in [0.25, 0.3) is 11.6 Å². The Balaban J connectivity index is 2.80. The van der Waals surface area contributed by atoms with Crippen molar-refractivity contribution in [1.29, 1.82) is 5.26 Å². The molecule has 0 radical (unpaired) electrons. The van der Waals surface area contributed by atoms with Crippen LogP contribution in [0, 0.1) is 16.7 Å². The zero-order chi connectivity index (χ0) is 22.0. The summed E-state index contributed by atoms with van der Waals surface area (Å²) in [4.78, 5) is 25.4. The van der Waals surface area contributed by atoms with Gasteiger partial charge in [0.1, 0.15) is 22.1 Å². The van der Waals surface area contributed by atoms with E-state index in [4.69, 9.17) is 0 Å². The summed E-state index contributed by atoms with van der Waals surface area (Å²) >= 11 is 0.887. The molecule has 2 rings (SSSR count). The average Bonchev–Trinajstić information content (AvgIpc) is 2.91. The summed E-state index contributed by atoms with van der Waals surface area (Å²) in [7, 11) is 0. The lowest BCUT2D eigenvalue weighted by Crippen LogP contribution is -2.33. The quantitative estimate of drug-likeness (QED) is 0.757. The summed E-state index contributed by atoms with van der Waals surface area (Å²) in [5.41, 5.74) is -1.43. The second-order valence-corrected chi connectivity index (χ2v) is 8.15. The second kappa shape index (κ2) is 8.25. The monoisotopic (exact) mass is 424 g/mol. The van der Waals surface area contributed by atoms with Crippen molar-refractivity contribution >= 4 is 28.8 Å². The predicted octanol–water partition coefficient (Wildman–Crippen LogP) is 2.95. The number of nitrogens with zero attached hydrogens (tertiary/aromatic N) is 2. The Kier molecular flexibility index (Phi) is 6.38. The van der Waals surface area contributed by atoms with Crippen LogP contribution in [-0.4, -0.2) is 16.7 Å². The predicted molar refractivity (Wildman–Crippen MR) is 104 cm³/mol. The number of thiazole rings is 1. The Morgan fingerprint density at radius 1 is 1.28 bits per heavy atom. The number of halogens is 3. The van der Waals surface area contributed by atoms with Crippen molar-refractivity contribution in [2.75, 3.05) is 0 Å². The van der Waals surface area contributed by atoms with E-state index in [0.29, 0.717) is 0 Å². The topological polar surface area (TPSA) is 72.1 Å². The van der Waals surface area contributed by atoms with Gasteiger partial charge >= 0.3 is 6.36 Å². The van der Waals surface area contributed by atoms with Gasteiger partial charge in [-0.1, -0.05) is 39.0 Å². The maximum absolute atomic E-state index is 12.8. The number of Topliss-reactive ketones (excluding diaryl/α,β-unsaturated/α-hetero) is 1. The summed E-state index contributed by atoms with van der Waals surface area (Å²) in [5, 5.41) is 9.52. The number of alkyl halides is 3. The number of benzene rings is 1. The van der Waals surface area contributed by atoms with Crippen LogP contribution < -0.4 is 19.5 Å². The molecule has 1 heterocycles. The number of carbonyl (C=O) groups is 1. The van der Waals surface area contributed by atoms with E-state index in [0.717, 1.165) is 17.4 Å². The first-order valence-electron chi connectivity index (χ1n) is 8.64. The van der Waals surface area contributed by atoms with Gasteiger partial charge in [-0.2, -0.15) is 5.26 Å². The maximum Gasteiger partial charge on any atom is 0.573 e. The highest BCUT2D eigenvalue weighted by Gasteiger charge is 2.32. The molecule has 0 unspecified atom stereocenters. The fourth-order valence-corrected chi connectivity index (χ4v) is 3.68. The van der Waals surface area contributed by atoms with Gasteiger partial charge in [-0.3, -0.25) is 14.2 Å².